The summed E-state index contributed by atoms with van der Waals surface area (Å²) in [5.41, 5.74) is 1.25. The molecule has 3 heterocycles. The van der Waals surface area contributed by atoms with Crippen LogP contribution in [0.2, 0.25) is 0 Å². The second-order valence-electron chi connectivity index (χ2n) is 6.54. The van der Waals surface area contributed by atoms with Gasteiger partial charge in [-0.1, -0.05) is 6.07 Å². The first-order chi connectivity index (χ1) is 12.1. The molecule has 6 heteroatoms. The van der Waals surface area contributed by atoms with Crippen molar-refractivity contribution in [1.29, 1.82) is 0 Å². The van der Waals surface area contributed by atoms with E-state index >= 15 is 0 Å². The molecule has 1 fully saturated rings. The van der Waals surface area contributed by atoms with Gasteiger partial charge in [-0.05, 0) is 42.0 Å². The van der Waals surface area contributed by atoms with Gasteiger partial charge in [0.1, 0.15) is 5.82 Å². The van der Waals surface area contributed by atoms with Crippen LogP contribution < -0.4 is 4.90 Å². The maximum Gasteiger partial charge on any atom is 0.227 e. The van der Waals surface area contributed by atoms with Crippen LogP contribution in [-0.2, 0) is 22.4 Å². The summed E-state index contributed by atoms with van der Waals surface area (Å²) in [5, 5.41) is 2.02. The van der Waals surface area contributed by atoms with Gasteiger partial charge in [-0.25, -0.2) is 4.98 Å². The molecule has 5 nitrogen and oxygen atoms in total. The Morgan fingerprint density at radius 3 is 3.08 bits per heavy atom. The second kappa shape index (κ2) is 8.45. The predicted molar refractivity (Wildman–Crippen MR) is 101 cm³/mol. The van der Waals surface area contributed by atoms with Gasteiger partial charge in [-0.3, -0.25) is 4.79 Å². The minimum Gasteiger partial charge on any atom is -0.375 e. The molecule has 2 aromatic rings. The summed E-state index contributed by atoms with van der Waals surface area (Å²) in [6, 6.07) is 8.18. The number of aromatic nitrogens is 1. The van der Waals surface area contributed by atoms with E-state index in [0.29, 0.717) is 26.1 Å². The first-order valence-electron chi connectivity index (χ1n) is 8.66. The van der Waals surface area contributed by atoms with Gasteiger partial charge in [0.25, 0.3) is 0 Å². The third-order valence-corrected chi connectivity index (χ3v) is 5.30. The number of hydrogen-bond acceptors (Lipinski definition) is 5. The van der Waals surface area contributed by atoms with Gasteiger partial charge >= 0.3 is 0 Å². The highest BCUT2D eigenvalue weighted by atomic mass is 32.1. The second-order valence-corrected chi connectivity index (χ2v) is 7.58. The molecular weight excluding hydrogens is 334 g/mol. The third kappa shape index (κ3) is 5.03. The molecule has 0 unspecified atom stereocenters. The summed E-state index contributed by atoms with van der Waals surface area (Å²) < 4.78 is 5.88. The number of rotatable bonds is 6. The molecule has 0 spiro atoms. The number of ether oxygens (including phenoxy) is 1. The Labute approximate surface area is 153 Å². The van der Waals surface area contributed by atoms with Crippen LogP contribution in [0.5, 0.6) is 0 Å². The summed E-state index contributed by atoms with van der Waals surface area (Å²) in [6.45, 7) is 2.01. The first-order valence-corrected chi connectivity index (χ1v) is 9.54. The van der Waals surface area contributed by atoms with E-state index in [4.69, 9.17) is 4.74 Å². The van der Waals surface area contributed by atoms with Crippen molar-refractivity contribution in [3.8, 4) is 0 Å². The smallest absolute Gasteiger partial charge is 0.227 e. The van der Waals surface area contributed by atoms with Crippen LogP contribution in [0.25, 0.3) is 0 Å². The molecule has 1 aliphatic rings. The van der Waals surface area contributed by atoms with Crippen molar-refractivity contribution >= 4 is 23.1 Å². The maximum absolute atomic E-state index is 12.5. The largest absolute Gasteiger partial charge is 0.375 e. The lowest BCUT2D eigenvalue weighted by molar-refractivity contribution is -0.138. The fraction of sp³-hybridized carbons (Fsp3) is 0.474. The summed E-state index contributed by atoms with van der Waals surface area (Å²) in [4.78, 5) is 21.9. The van der Waals surface area contributed by atoms with Gasteiger partial charge < -0.3 is 14.5 Å². The van der Waals surface area contributed by atoms with Crippen molar-refractivity contribution in [1.82, 2.24) is 9.88 Å². The molecule has 1 saturated heterocycles. The summed E-state index contributed by atoms with van der Waals surface area (Å²) in [5.74, 6) is 1.17. The minimum atomic E-state index is 0.108. The van der Waals surface area contributed by atoms with E-state index in [0.717, 1.165) is 23.5 Å². The molecule has 0 bridgehead atoms. The van der Waals surface area contributed by atoms with Gasteiger partial charge in [-0.2, -0.15) is 0 Å². The predicted octanol–water partition coefficient (Wildman–Crippen LogP) is 2.61. The average Bonchev–Trinajstić information content (AvgIpc) is 3.13. The van der Waals surface area contributed by atoms with Gasteiger partial charge in [0, 0.05) is 38.3 Å². The lowest BCUT2D eigenvalue weighted by Gasteiger charge is -2.33. The van der Waals surface area contributed by atoms with Crippen molar-refractivity contribution in [3.63, 3.8) is 0 Å². The standard InChI is InChI=1S/C19H25N3O2S/c1-21(2)18-12-15(7-8-20-18)5-6-16-14-22(9-10-24-16)19(23)13-17-4-3-11-25-17/h3-4,7-8,11-12,16H,5-6,9-10,13-14H2,1-2H3/t16-/m1/s1. The Morgan fingerprint density at radius 1 is 1.44 bits per heavy atom. The van der Waals surface area contributed by atoms with E-state index in [2.05, 4.69) is 17.1 Å². The van der Waals surface area contributed by atoms with E-state index in [1.807, 2.05) is 47.6 Å². The quantitative estimate of drug-likeness (QED) is 0.795. The topological polar surface area (TPSA) is 45.7 Å². The van der Waals surface area contributed by atoms with E-state index in [-0.39, 0.29) is 12.0 Å². The van der Waals surface area contributed by atoms with Crippen LogP contribution in [0, 0.1) is 0 Å². The van der Waals surface area contributed by atoms with Gasteiger partial charge in [0.2, 0.25) is 5.91 Å². The van der Waals surface area contributed by atoms with E-state index in [9.17, 15) is 4.79 Å². The Kier molecular flexibility index (Phi) is 6.04. The first kappa shape index (κ1) is 17.9. The Hall–Kier alpha value is -1.92. The molecule has 1 amide bonds. The fourth-order valence-electron chi connectivity index (χ4n) is 2.98. The number of amides is 1. The van der Waals surface area contributed by atoms with Crippen LogP contribution in [0.15, 0.2) is 35.8 Å². The van der Waals surface area contributed by atoms with E-state index in [1.165, 1.54) is 5.56 Å². The van der Waals surface area contributed by atoms with Gasteiger partial charge in [0.15, 0.2) is 0 Å². The fourth-order valence-corrected chi connectivity index (χ4v) is 3.68. The summed E-state index contributed by atoms with van der Waals surface area (Å²) in [6.07, 6.45) is 4.31. The number of pyridine rings is 1. The molecular formula is C19H25N3O2S. The van der Waals surface area contributed by atoms with Crippen LogP contribution in [0.1, 0.15) is 16.9 Å². The number of aryl methyl sites for hydroxylation is 1. The zero-order valence-electron chi connectivity index (χ0n) is 14.9. The zero-order valence-corrected chi connectivity index (χ0v) is 15.7. The molecule has 1 atom stereocenters. The zero-order chi connectivity index (χ0) is 17.6. The monoisotopic (exact) mass is 359 g/mol. The van der Waals surface area contributed by atoms with Gasteiger partial charge in [0.05, 0.1) is 19.1 Å². The molecule has 0 aliphatic carbocycles. The molecule has 0 aromatic carbocycles. The lowest BCUT2D eigenvalue weighted by Crippen LogP contribution is -2.46. The molecule has 0 N–H and O–H groups in total. The minimum absolute atomic E-state index is 0.108. The van der Waals surface area contributed by atoms with Gasteiger partial charge in [-0.15, -0.1) is 11.3 Å². The summed E-state index contributed by atoms with van der Waals surface area (Å²) in [7, 11) is 3.99. The van der Waals surface area contributed by atoms with Crippen molar-refractivity contribution in [2.24, 2.45) is 0 Å². The lowest BCUT2D eigenvalue weighted by atomic mass is 10.1. The number of hydrogen-bond donors (Lipinski definition) is 0. The molecule has 3 rings (SSSR count). The van der Waals surface area contributed by atoms with E-state index < -0.39 is 0 Å². The van der Waals surface area contributed by atoms with Crippen LogP contribution in [-0.4, -0.2) is 55.7 Å². The number of nitrogens with zero attached hydrogens (tertiary/aromatic N) is 3. The number of carbonyl (C=O) groups is 1. The molecule has 2 aromatic heterocycles. The Bertz CT molecular complexity index is 688. The summed E-state index contributed by atoms with van der Waals surface area (Å²) >= 11 is 1.64. The van der Waals surface area contributed by atoms with Crippen LogP contribution in [0.4, 0.5) is 5.82 Å². The van der Waals surface area contributed by atoms with Crippen LogP contribution >= 0.6 is 11.3 Å². The number of anilines is 1. The van der Waals surface area contributed by atoms with Crippen LogP contribution in [0.3, 0.4) is 0 Å². The van der Waals surface area contributed by atoms with Crippen molar-refractivity contribution in [3.05, 3.63) is 46.3 Å². The molecule has 0 saturated carbocycles. The Balaban J connectivity index is 1.51. The highest BCUT2D eigenvalue weighted by molar-refractivity contribution is 7.10. The Morgan fingerprint density at radius 2 is 2.32 bits per heavy atom. The number of morpholine rings is 1. The third-order valence-electron chi connectivity index (χ3n) is 4.42. The molecule has 0 radical (unpaired) electrons. The van der Waals surface area contributed by atoms with Crippen molar-refractivity contribution in [2.75, 3.05) is 38.7 Å². The SMILES string of the molecule is CN(C)c1cc(CC[C@@H]2CN(C(=O)Cc3cccs3)CCO2)ccn1. The van der Waals surface area contributed by atoms with E-state index in [1.54, 1.807) is 11.3 Å². The molecule has 25 heavy (non-hydrogen) atoms. The molecule has 1 aliphatic heterocycles. The highest BCUT2D eigenvalue weighted by Gasteiger charge is 2.24. The number of carbonyl (C=O) groups excluding carboxylic acids is 1. The molecule has 134 valence electrons. The normalized spacial score (nSPS) is 17.5. The number of thiophene rings is 1. The van der Waals surface area contributed by atoms with Crippen molar-refractivity contribution in [2.45, 2.75) is 25.4 Å². The highest BCUT2D eigenvalue weighted by Crippen LogP contribution is 2.17. The average molecular weight is 359 g/mol. The maximum atomic E-state index is 12.5. The van der Waals surface area contributed by atoms with Crippen molar-refractivity contribution < 1.29 is 9.53 Å².